The van der Waals surface area contributed by atoms with Gasteiger partial charge in [-0.25, -0.2) is 4.39 Å². The van der Waals surface area contributed by atoms with Crippen LogP contribution in [0.1, 0.15) is 11.1 Å². The molecule has 116 valence electrons. The monoisotopic (exact) mass is 300 g/mol. The Morgan fingerprint density at radius 3 is 2.50 bits per heavy atom. The third-order valence-corrected chi connectivity index (χ3v) is 3.49. The maximum absolute atomic E-state index is 13.4. The van der Waals surface area contributed by atoms with Gasteiger partial charge >= 0.3 is 0 Å². The second kappa shape index (κ2) is 8.29. The van der Waals surface area contributed by atoms with Crippen LogP contribution in [0.25, 0.3) is 0 Å². The molecule has 0 aliphatic carbocycles. The van der Waals surface area contributed by atoms with Gasteiger partial charge in [0.1, 0.15) is 5.82 Å². The molecule has 0 aromatic heterocycles. The Labute approximate surface area is 130 Å². The van der Waals surface area contributed by atoms with E-state index in [2.05, 4.69) is 5.32 Å². The Morgan fingerprint density at radius 1 is 1.09 bits per heavy atom. The highest BCUT2D eigenvalue weighted by atomic mass is 19.1. The Hall–Kier alpha value is -2.20. The van der Waals surface area contributed by atoms with E-state index >= 15 is 0 Å². The summed E-state index contributed by atoms with van der Waals surface area (Å²) in [5.74, 6) is -0.172. The molecule has 3 nitrogen and oxygen atoms in total. The third-order valence-electron chi connectivity index (χ3n) is 3.49. The van der Waals surface area contributed by atoms with Crippen LogP contribution in [0.2, 0.25) is 0 Å². The lowest BCUT2D eigenvalue weighted by molar-refractivity contribution is -0.129. The Balaban J connectivity index is 1.70. The van der Waals surface area contributed by atoms with Crippen LogP contribution in [0.3, 0.4) is 0 Å². The average molecular weight is 300 g/mol. The predicted octanol–water partition coefficient (Wildman–Crippen LogP) is 2.62. The van der Waals surface area contributed by atoms with Gasteiger partial charge in [-0.2, -0.15) is 0 Å². The van der Waals surface area contributed by atoms with E-state index in [0.29, 0.717) is 25.1 Å². The maximum Gasteiger partial charge on any atom is 0.236 e. The molecule has 1 N–H and O–H groups in total. The summed E-state index contributed by atoms with van der Waals surface area (Å²) in [6, 6.07) is 16.6. The number of hydrogen-bond donors (Lipinski definition) is 1. The number of halogens is 1. The lowest BCUT2D eigenvalue weighted by Crippen LogP contribution is -2.35. The number of nitrogens with one attached hydrogen (secondary N) is 1. The second-order valence-electron chi connectivity index (χ2n) is 5.25. The van der Waals surface area contributed by atoms with E-state index < -0.39 is 0 Å². The van der Waals surface area contributed by atoms with E-state index in [4.69, 9.17) is 0 Å². The number of likely N-dealkylation sites (N-methyl/N-ethyl adjacent to an activating group) is 1. The first-order valence-electron chi connectivity index (χ1n) is 7.39. The summed E-state index contributed by atoms with van der Waals surface area (Å²) in [6.07, 6.45) is 0.572. The summed E-state index contributed by atoms with van der Waals surface area (Å²) >= 11 is 0. The van der Waals surface area contributed by atoms with Crippen molar-refractivity contribution in [3.05, 3.63) is 71.5 Å². The fourth-order valence-corrected chi connectivity index (χ4v) is 2.20. The Kier molecular flexibility index (Phi) is 6.10. The minimum absolute atomic E-state index is 0.0254. The standard InChI is InChI=1S/C18H21FN2O/c1-21(14-15-7-3-2-4-8-15)18(22)13-20-12-11-16-9-5-6-10-17(16)19/h2-10,20H,11-14H2,1H3. The molecular formula is C18H21FN2O. The molecule has 22 heavy (non-hydrogen) atoms. The van der Waals surface area contributed by atoms with Gasteiger partial charge in [0.05, 0.1) is 6.54 Å². The average Bonchev–Trinajstić information content (AvgIpc) is 2.53. The maximum atomic E-state index is 13.4. The Morgan fingerprint density at radius 2 is 1.77 bits per heavy atom. The zero-order valence-corrected chi connectivity index (χ0v) is 12.8. The van der Waals surface area contributed by atoms with E-state index in [9.17, 15) is 9.18 Å². The normalized spacial score (nSPS) is 10.5. The largest absolute Gasteiger partial charge is 0.340 e. The van der Waals surface area contributed by atoms with Crippen LogP contribution in [-0.2, 0) is 17.8 Å². The quantitative estimate of drug-likeness (QED) is 0.797. The topological polar surface area (TPSA) is 32.3 Å². The predicted molar refractivity (Wildman–Crippen MR) is 85.9 cm³/mol. The van der Waals surface area contributed by atoms with Crippen molar-refractivity contribution in [2.45, 2.75) is 13.0 Å². The number of benzene rings is 2. The van der Waals surface area contributed by atoms with Gasteiger partial charge in [-0.3, -0.25) is 4.79 Å². The van der Waals surface area contributed by atoms with Gasteiger partial charge in [-0.1, -0.05) is 48.5 Å². The summed E-state index contributed by atoms with van der Waals surface area (Å²) in [4.78, 5) is 13.7. The van der Waals surface area contributed by atoms with E-state index in [-0.39, 0.29) is 18.3 Å². The van der Waals surface area contributed by atoms with Crippen LogP contribution in [0, 0.1) is 5.82 Å². The van der Waals surface area contributed by atoms with Crippen molar-refractivity contribution in [1.29, 1.82) is 0 Å². The number of amides is 1. The van der Waals surface area contributed by atoms with Gasteiger partial charge in [0.2, 0.25) is 5.91 Å². The lowest BCUT2D eigenvalue weighted by Gasteiger charge is -2.17. The van der Waals surface area contributed by atoms with Crippen molar-refractivity contribution in [2.24, 2.45) is 0 Å². The minimum atomic E-state index is -0.197. The minimum Gasteiger partial charge on any atom is -0.340 e. The Bertz CT molecular complexity index is 601. The molecular weight excluding hydrogens is 279 g/mol. The molecule has 0 fully saturated rings. The van der Waals surface area contributed by atoms with Crippen LogP contribution in [0.4, 0.5) is 4.39 Å². The number of carbonyl (C=O) groups excluding carboxylic acids is 1. The van der Waals surface area contributed by atoms with Gasteiger partial charge in [-0.15, -0.1) is 0 Å². The summed E-state index contributed by atoms with van der Waals surface area (Å²) in [6.45, 7) is 1.43. The summed E-state index contributed by atoms with van der Waals surface area (Å²) < 4.78 is 13.4. The van der Waals surface area contributed by atoms with Gasteiger partial charge < -0.3 is 10.2 Å². The molecule has 0 atom stereocenters. The highest BCUT2D eigenvalue weighted by Gasteiger charge is 2.08. The lowest BCUT2D eigenvalue weighted by atomic mass is 10.1. The molecule has 0 unspecified atom stereocenters. The second-order valence-corrected chi connectivity index (χ2v) is 5.25. The third kappa shape index (κ3) is 4.97. The molecule has 0 aliphatic heterocycles. The molecule has 2 aromatic carbocycles. The van der Waals surface area contributed by atoms with E-state index in [1.54, 1.807) is 24.1 Å². The fraction of sp³-hybridized carbons (Fsp3) is 0.278. The van der Waals surface area contributed by atoms with Crippen molar-refractivity contribution in [3.63, 3.8) is 0 Å². The molecule has 0 radical (unpaired) electrons. The molecule has 0 saturated heterocycles. The van der Waals surface area contributed by atoms with E-state index in [1.807, 2.05) is 36.4 Å². The molecule has 0 heterocycles. The summed E-state index contributed by atoms with van der Waals surface area (Å²) in [7, 11) is 1.79. The van der Waals surface area contributed by atoms with Gasteiger partial charge in [0.15, 0.2) is 0 Å². The molecule has 2 aromatic rings. The summed E-state index contributed by atoms with van der Waals surface area (Å²) in [5, 5.41) is 3.07. The molecule has 0 aliphatic rings. The molecule has 4 heteroatoms. The first-order valence-corrected chi connectivity index (χ1v) is 7.39. The van der Waals surface area contributed by atoms with Crippen LogP contribution < -0.4 is 5.32 Å². The molecule has 0 bridgehead atoms. The summed E-state index contributed by atoms with van der Waals surface area (Å²) in [5.41, 5.74) is 1.77. The first-order chi connectivity index (χ1) is 10.7. The van der Waals surface area contributed by atoms with E-state index in [0.717, 1.165) is 5.56 Å². The molecule has 0 spiro atoms. The number of hydrogen-bond acceptors (Lipinski definition) is 2. The smallest absolute Gasteiger partial charge is 0.236 e. The number of carbonyl (C=O) groups is 1. The van der Waals surface area contributed by atoms with Crippen LogP contribution in [0.15, 0.2) is 54.6 Å². The SMILES string of the molecule is CN(Cc1ccccc1)C(=O)CNCCc1ccccc1F. The van der Waals surface area contributed by atoms with Crippen molar-refractivity contribution in [1.82, 2.24) is 10.2 Å². The van der Waals surface area contributed by atoms with Crippen molar-refractivity contribution < 1.29 is 9.18 Å². The highest BCUT2D eigenvalue weighted by Crippen LogP contribution is 2.06. The fourth-order valence-electron chi connectivity index (χ4n) is 2.20. The molecule has 1 amide bonds. The zero-order chi connectivity index (χ0) is 15.8. The van der Waals surface area contributed by atoms with Crippen molar-refractivity contribution in [3.8, 4) is 0 Å². The molecule has 2 rings (SSSR count). The van der Waals surface area contributed by atoms with Crippen LogP contribution in [0.5, 0.6) is 0 Å². The van der Waals surface area contributed by atoms with Gasteiger partial charge in [0, 0.05) is 13.6 Å². The van der Waals surface area contributed by atoms with Crippen molar-refractivity contribution in [2.75, 3.05) is 20.1 Å². The molecule has 0 saturated carbocycles. The number of rotatable bonds is 7. The van der Waals surface area contributed by atoms with E-state index in [1.165, 1.54) is 6.07 Å². The highest BCUT2D eigenvalue weighted by molar-refractivity contribution is 5.77. The van der Waals surface area contributed by atoms with Crippen LogP contribution in [-0.4, -0.2) is 30.9 Å². The van der Waals surface area contributed by atoms with Gasteiger partial charge in [0.25, 0.3) is 0 Å². The van der Waals surface area contributed by atoms with Crippen molar-refractivity contribution >= 4 is 5.91 Å². The van der Waals surface area contributed by atoms with Gasteiger partial charge in [-0.05, 0) is 30.2 Å². The van der Waals surface area contributed by atoms with Crippen LogP contribution >= 0.6 is 0 Å². The number of nitrogens with zero attached hydrogens (tertiary/aromatic N) is 1. The zero-order valence-electron chi connectivity index (χ0n) is 12.8. The first kappa shape index (κ1) is 16.2.